The number of hydrogen-bond donors (Lipinski definition) is 1. The Morgan fingerprint density at radius 1 is 1.08 bits per heavy atom. The molecule has 1 heterocycles. The summed E-state index contributed by atoms with van der Waals surface area (Å²) in [6.07, 6.45) is 0.197. The number of rotatable bonds is 5. The van der Waals surface area contributed by atoms with Crippen molar-refractivity contribution in [1.82, 2.24) is 9.78 Å². The van der Waals surface area contributed by atoms with Gasteiger partial charge in [0.1, 0.15) is 5.82 Å². The van der Waals surface area contributed by atoms with Crippen molar-refractivity contribution in [2.75, 3.05) is 5.32 Å². The maximum absolute atomic E-state index is 13.0. The Labute approximate surface area is 152 Å². The molecular weight excluding hydrogens is 329 g/mol. The van der Waals surface area contributed by atoms with Gasteiger partial charge in [-0.2, -0.15) is 5.10 Å². The summed E-state index contributed by atoms with van der Waals surface area (Å²) >= 11 is 0. The second-order valence-electron chi connectivity index (χ2n) is 6.48. The third kappa shape index (κ3) is 3.99. The predicted molar refractivity (Wildman–Crippen MR) is 101 cm³/mol. The Bertz CT molecular complexity index is 929. The first-order valence-corrected chi connectivity index (χ1v) is 8.57. The number of hydrogen-bond acceptors (Lipinski definition) is 2. The summed E-state index contributed by atoms with van der Waals surface area (Å²) in [5.74, 6) is -0.448. The van der Waals surface area contributed by atoms with E-state index in [0.29, 0.717) is 6.54 Å². The van der Waals surface area contributed by atoms with E-state index in [0.717, 1.165) is 22.6 Å². The van der Waals surface area contributed by atoms with Gasteiger partial charge in [0, 0.05) is 0 Å². The molecule has 0 radical (unpaired) electrons. The number of amides is 1. The van der Waals surface area contributed by atoms with Crippen LogP contribution in [0.2, 0.25) is 0 Å². The molecule has 1 amide bonds. The van der Waals surface area contributed by atoms with Crippen molar-refractivity contribution in [3.63, 3.8) is 0 Å². The molecule has 0 fully saturated rings. The molecule has 0 aliphatic carbocycles. The fourth-order valence-corrected chi connectivity index (χ4v) is 2.95. The van der Waals surface area contributed by atoms with Gasteiger partial charge in [0.05, 0.1) is 30.0 Å². The molecule has 0 aliphatic heterocycles. The second-order valence-corrected chi connectivity index (χ2v) is 6.48. The average molecular weight is 351 g/mol. The molecule has 3 aromatic rings. The minimum absolute atomic E-state index is 0.141. The lowest BCUT2D eigenvalue weighted by molar-refractivity contribution is -0.115. The van der Waals surface area contributed by atoms with Crippen molar-refractivity contribution in [3.05, 3.63) is 82.4 Å². The van der Waals surface area contributed by atoms with E-state index in [4.69, 9.17) is 0 Å². The smallest absolute Gasteiger partial charge is 0.228 e. The second kappa shape index (κ2) is 7.52. The molecule has 134 valence electrons. The van der Waals surface area contributed by atoms with Crippen LogP contribution in [-0.2, 0) is 17.8 Å². The zero-order valence-electron chi connectivity index (χ0n) is 15.2. The Morgan fingerprint density at radius 3 is 2.46 bits per heavy atom. The van der Waals surface area contributed by atoms with Crippen LogP contribution in [0.5, 0.6) is 0 Å². The summed E-state index contributed by atoms with van der Waals surface area (Å²) in [6, 6.07) is 14.1. The molecule has 0 saturated heterocycles. The maximum atomic E-state index is 13.0. The third-order valence-electron chi connectivity index (χ3n) is 4.51. The first kappa shape index (κ1) is 17.9. The maximum Gasteiger partial charge on any atom is 0.228 e. The molecule has 26 heavy (non-hydrogen) atoms. The van der Waals surface area contributed by atoms with E-state index in [-0.39, 0.29) is 18.1 Å². The van der Waals surface area contributed by atoms with Crippen molar-refractivity contribution in [3.8, 4) is 0 Å². The standard InChI is InChI=1S/C21H22FN3O/c1-14-6-4-5-7-18(14)13-25-16(3)21(15(2)24-25)23-20(26)12-17-8-10-19(22)11-9-17/h4-11H,12-13H2,1-3H3,(H,23,26). The number of halogens is 1. The van der Waals surface area contributed by atoms with Crippen LogP contribution in [0.4, 0.5) is 10.1 Å². The first-order valence-electron chi connectivity index (χ1n) is 8.57. The Balaban J connectivity index is 1.74. The van der Waals surface area contributed by atoms with Gasteiger partial charge in [-0.1, -0.05) is 36.4 Å². The number of aryl methyl sites for hydroxylation is 2. The van der Waals surface area contributed by atoms with E-state index in [1.165, 1.54) is 23.3 Å². The van der Waals surface area contributed by atoms with Crippen molar-refractivity contribution in [2.24, 2.45) is 0 Å². The number of anilines is 1. The molecule has 4 nitrogen and oxygen atoms in total. The molecule has 2 aromatic carbocycles. The number of nitrogens with zero attached hydrogens (tertiary/aromatic N) is 2. The van der Waals surface area contributed by atoms with Gasteiger partial charge < -0.3 is 5.32 Å². The summed E-state index contributed by atoms with van der Waals surface area (Å²) in [4.78, 5) is 12.4. The number of carbonyl (C=O) groups excluding carboxylic acids is 1. The van der Waals surface area contributed by atoms with Gasteiger partial charge in [-0.25, -0.2) is 4.39 Å². The molecule has 3 rings (SSSR count). The molecule has 0 spiro atoms. The lowest BCUT2D eigenvalue weighted by Crippen LogP contribution is -2.15. The molecule has 0 aliphatic rings. The van der Waals surface area contributed by atoms with Gasteiger partial charge in [0.25, 0.3) is 0 Å². The van der Waals surface area contributed by atoms with Crippen LogP contribution >= 0.6 is 0 Å². The summed E-state index contributed by atoms with van der Waals surface area (Å²) < 4.78 is 14.9. The largest absolute Gasteiger partial charge is 0.323 e. The van der Waals surface area contributed by atoms with Gasteiger partial charge in [0.2, 0.25) is 5.91 Å². The topological polar surface area (TPSA) is 46.9 Å². The van der Waals surface area contributed by atoms with Gasteiger partial charge in [-0.3, -0.25) is 9.48 Å². The zero-order valence-corrected chi connectivity index (χ0v) is 15.2. The molecule has 0 unspecified atom stereocenters. The molecule has 0 bridgehead atoms. The molecule has 5 heteroatoms. The Morgan fingerprint density at radius 2 is 1.77 bits per heavy atom. The lowest BCUT2D eigenvalue weighted by atomic mass is 10.1. The van der Waals surface area contributed by atoms with Gasteiger partial charge in [0.15, 0.2) is 0 Å². The average Bonchev–Trinajstić information content (AvgIpc) is 2.86. The number of aromatic nitrogens is 2. The molecular formula is C21H22FN3O. The van der Waals surface area contributed by atoms with Crippen LogP contribution in [0.15, 0.2) is 48.5 Å². The fourth-order valence-electron chi connectivity index (χ4n) is 2.95. The van der Waals surface area contributed by atoms with Gasteiger partial charge in [-0.05, 0) is 49.6 Å². The quantitative estimate of drug-likeness (QED) is 0.750. The minimum Gasteiger partial charge on any atom is -0.323 e. The zero-order chi connectivity index (χ0) is 18.7. The summed E-state index contributed by atoms with van der Waals surface area (Å²) in [7, 11) is 0. The highest BCUT2D eigenvalue weighted by atomic mass is 19.1. The van der Waals surface area contributed by atoms with E-state index in [1.807, 2.05) is 30.7 Å². The summed E-state index contributed by atoms with van der Waals surface area (Å²) in [5, 5.41) is 7.52. The highest BCUT2D eigenvalue weighted by Gasteiger charge is 2.15. The third-order valence-corrected chi connectivity index (χ3v) is 4.51. The van der Waals surface area contributed by atoms with E-state index in [1.54, 1.807) is 12.1 Å². The Hall–Kier alpha value is -2.95. The highest BCUT2D eigenvalue weighted by molar-refractivity contribution is 5.93. The van der Waals surface area contributed by atoms with Crippen LogP contribution < -0.4 is 5.32 Å². The van der Waals surface area contributed by atoms with E-state index >= 15 is 0 Å². The lowest BCUT2D eigenvalue weighted by Gasteiger charge is -2.09. The number of nitrogens with one attached hydrogen (secondary N) is 1. The fraction of sp³-hybridized carbons (Fsp3) is 0.238. The predicted octanol–water partition coefficient (Wildman–Crippen LogP) is 4.18. The number of carbonyl (C=O) groups is 1. The van der Waals surface area contributed by atoms with Gasteiger partial charge in [-0.15, -0.1) is 0 Å². The van der Waals surface area contributed by atoms with Crippen LogP contribution in [0.3, 0.4) is 0 Å². The van der Waals surface area contributed by atoms with Crippen LogP contribution in [-0.4, -0.2) is 15.7 Å². The molecule has 1 N–H and O–H groups in total. The Kier molecular flexibility index (Phi) is 5.16. The SMILES string of the molecule is Cc1ccccc1Cn1nc(C)c(NC(=O)Cc2ccc(F)cc2)c1C. The van der Waals surface area contributed by atoms with Crippen LogP contribution in [0.1, 0.15) is 28.1 Å². The highest BCUT2D eigenvalue weighted by Crippen LogP contribution is 2.21. The monoisotopic (exact) mass is 351 g/mol. The van der Waals surface area contributed by atoms with Gasteiger partial charge >= 0.3 is 0 Å². The van der Waals surface area contributed by atoms with Crippen LogP contribution in [0.25, 0.3) is 0 Å². The van der Waals surface area contributed by atoms with Crippen LogP contribution in [0, 0.1) is 26.6 Å². The van der Waals surface area contributed by atoms with E-state index in [2.05, 4.69) is 29.5 Å². The van der Waals surface area contributed by atoms with E-state index < -0.39 is 0 Å². The van der Waals surface area contributed by atoms with Crippen molar-refractivity contribution in [1.29, 1.82) is 0 Å². The first-order chi connectivity index (χ1) is 12.4. The summed E-state index contributed by atoms with van der Waals surface area (Å²) in [6.45, 7) is 6.57. The molecule has 0 saturated carbocycles. The molecule has 0 atom stereocenters. The number of benzene rings is 2. The van der Waals surface area contributed by atoms with Crippen molar-refractivity contribution < 1.29 is 9.18 Å². The van der Waals surface area contributed by atoms with Crippen molar-refractivity contribution in [2.45, 2.75) is 33.7 Å². The molecule has 1 aromatic heterocycles. The normalized spacial score (nSPS) is 10.8. The van der Waals surface area contributed by atoms with E-state index in [9.17, 15) is 9.18 Å². The summed E-state index contributed by atoms with van der Waals surface area (Å²) in [5.41, 5.74) is 5.61. The minimum atomic E-state index is -0.307. The van der Waals surface area contributed by atoms with Crippen molar-refractivity contribution >= 4 is 11.6 Å².